The summed E-state index contributed by atoms with van der Waals surface area (Å²) < 4.78 is 0. The van der Waals surface area contributed by atoms with Gasteiger partial charge in [-0.1, -0.05) is 0 Å². The number of hydrogen-bond acceptors (Lipinski definition) is 8. The van der Waals surface area contributed by atoms with E-state index in [-0.39, 0.29) is 26.4 Å². The molecule has 124 valence electrons. The average molecular weight is 308 g/mol. The smallest absolute Gasteiger partial charge is 0.450 e. The molecule has 20 heavy (non-hydrogen) atoms. The third kappa shape index (κ3) is 96.1. The standard InChI is InChI=1S/2C3H8O3.2CH2O3/c2*4-1-3(6)2-5;2*2-1(3)4/h2*3-6H,1-2H2;2*(H2,2,3,4). The molecule has 0 amide bonds. The highest BCUT2D eigenvalue weighted by atomic mass is 16.6. The van der Waals surface area contributed by atoms with E-state index in [4.69, 9.17) is 60.7 Å². The van der Waals surface area contributed by atoms with E-state index in [1.165, 1.54) is 0 Å². The van der Waals surface area contributed by atoms with Crippen LogP contribution in [0.4, 0.5) is 9.59 Å². The van der Waals surface area contributed by atoms with Gasteiger partial charge in [0.25, 0.3) is 0 Å². The molecule has 10 N–H and O–H groups in total. The fourth-order valence-electron chi connectivity index (χ4n) is 0.115. The molecule has 0 saturated carbocycles. The van der Waals surface area contributed by atoms with Crippen molar-refractivity contribution in [1.82, 2.24) is 0 Å². The van der Waals surface area contributed by atoms with Crippen LogP contribution in [-0.2, 0) is 0 Å². The predicted molar refractivity (Wildman–Crippen MR) is 61.7 cm³/mol. The molecular weight excluding hydrogens is 288 g/mol. The van der Waals surface area contributed by atoms with Crippen LogP contribution in [0.3, 0.4) is 0 Å². The van der Waals surface area contributed by atoms with Gasteiger partial charge in [-0.15, -0.1) is 0 Å². The van der Waals surface area contributed by atoms with Crippen molar-refractivity contribution in [2.75, 3.05) is 26.4 Å². The molecule has 0 unspecified atom stereocenters. The zero-order valence-electron chi connectivity index (χ0n) is 10.3. The second-order valence-electron chi connectivity index (χ2n) is 2.60. The Labute approximate surface area is 113 Å². The molecule has 0 aliphatic rings. The van der Waals surface area contributed by atoms with Gasteiger partial charge < -0.3 is 51.1 Å². The molecule has 0 heterocycles. The monoisotopic (exact) mass is 308 g/mol. The quantitative estimate of drug-likeness (QED) is 0.252. The zero-order valence-corrected chi connectivity index (χ0v) is 10.3. The van der Waals surface area contributed by atoms with E-state index in [9.17, 15) is 0 Å². The molecule has 0 atom stereocenters. The van der Waals surface area contributed by atoms with Crippen LogP contribution in [0, 0.1) is 0 Å². The first-order valence-electron chi connectivity index (χ1n) is 4.72. The maximum atomic E-state index is 8.56. The Morgan fingerprint density at radius 2 is 0.700 bits per heavy atom. The van der Waals surface area contributed by atoms with Crippen LogP contribution in [0.25, 0.3) is 0 Å². The average Bonchev–Trinajstić information content (AvgIpc) is 2.36. The molecule has 12 heteroatoms. The number of carbonyl (C=O) groups is 2. The third-order valence-electron chi connectivity index (χ3n) is 0.843. The van der Waals surface area contributed by atoms with Crippen molar-refractivity contribution in [2.24, 2.45) is 0 Å². The topological polar surface area (TPSA) is 236 Å². The van der Waals surface area contributed by atoms with E-state index in [0.29, 0.717) is 0 Å². The number of rotatable bonds is 4. The normalized spacial score (nSPS) is 8.40. The van der Waals surface area contributed by atoms with Crippen LogP contribution >= 0.6 is 0 Å². The highest BCUT2D eigenvalue weighted by molar-refractivity contribution is 5.53. The SMILES string of the molecule is O=C(O)O.O=C(O)O.OCC(O)CO.OCC(O)CO. The summed E-state index contributed by atoms with van der Waals surface area (Å²) in [6.45, 7) is -1.46. The van der Waals surface area contributed by atoms with E-state index in [2.05, 4.69) is 0 Å². The minimum absolute atomic E-state index is 0.365. The van der Waals surface area contributed by atoms with Crippen LogP contribution in [0.2, 0.25) is 0 Å². The van der Waals surface area contributed by atoms with Gasteiger partial charge in [0, 0.05) is 0 Å². The summed E-state index contributed by atoms with van der Waals surface area (Å²) >= 11 is 0. The first-order valence-corrected chi connectivity index (χ1v) is 4.72. The zero-order chi connectivity index (χ0) is 17.1. The molecule has 0 aliphatic carbocycles. The summed E-state index contributed by atoms with van der Waals surface area (Å²) in [5.74, 6) is 0. The van der Waals surface area contributed by atoms with Gasteiger partial charge >= 0.3 is 12.3 Å². The minimum atomic E-state index is -1.83. The molecule has 0 radical (unpaired) electrons. The van der Waals surface area contributed by atoms with Crippen LogP contribution < -0.4 is 0 Å². The van der Waals surface area contributed by atoms with Gasteiger partial charge in [0.05, 0.1) is 26.4 Å². The Kier molecular flexibility index (Phi) is 30.1. The summed E-state index contributed by atoms with van der Waals surface area (Å²) in [6.07, 6.45) is -5.57. The first-order chi connectivity index (χ1) is 9.08. The van der Waals surface area contributed by atoms with Gasteiger partial charge in [-0.3, -0.25) is 0 Å². The molecule has 0 saturated heterocycles. The van der Waals surface area contributed by atoms with Crippen molar-refractivity contribution < 1.29 is 60.7 Å². The van der Waals surface area contributed by atoms with Gasteiger partial charge in [-0.25, -0.2) is 9.59 Å². The van der Waals surface area contributed by atoms with Crippen molar-refractivity contribution in [3.05, 3.63) is 0 Å². The van der Waals surface area contributed by atoms with Crippen LogP contribution in [0.5, 0.6) is 0 Å². The Hall–Kier alpha value is -1.70. The summed E-state index contributed by atoms with van der Waals surface area (Å²) in [6, 6.07) is 0. The molecule has 0 aromatic carbocycles. The number of carboxylic acid groups (broad SMARTS) is 4. The van der Waals surface area contributed by atoms with Crippen LogP contribution in [-0.4, -0.2) is 102 Å². The summed E-state index contributed by atoms with van der Waals surface area (Å²) in [5.41, 5.74) is 0. The summed E-state index contributed by atoms with van der Waals surface area (Å²) in [7, 11) is 0. The Morgan fingerprint density at radius 1 is 0.600 bits per heavy atom. The second-order valence-corrected chi connectivity index (χ2v) is 2.60. The van der Waals surface area contributed by atoms with E-state index in [0.717, 1.165) is 0 Å². The summed E-state index contributed by atoms with van der Waals surface area (Å²) in [4.78, 5) is 17.1. The second kappa shape index (κ2) is 22.5. The lowest BCUT2D eigenvalue weighted by molar-refractivity contribution is 0.0450. The molecule has 0 rings (SSSR count). The predicted octanol–water partition coefficient (Wildman–Crippen LogP) is -2.89. The van der Waals surface area contributed by atoms with Gasteiger partial charge in [0.15, 0.2) is 0 Å². The van der Waals surface area contributed by atoms with E-state index in [1.54, 1.807) is 0 Å². The molecule has 0 aromatic heterocycles. The van der Waals surface area contributed by atoms with Crippen molar-refractivity contribution in [1.29, 1.82) is 0 Å². The van der Waals surface area contributed by atoms with Crippen molar-refractivity contribution in [3.8, 4) is 0 Å². The molecule has 12 nitrogen and oxygen atoms in total. The minimum Gasteiger partial charge on any atom is -0.450 e. The van der Waals surface area contributed by atoms with Gasteiger partial charge in [-0.05, 0) is 0 Å². The fraction of sp³-hybridized carbons (Fsp3) is 0.750. The molecule has 0 aliphatic heterocycles. The van der Waals surface area contributed by atoms with E-state index in [1.807, 2.05) is 0 Å². The van der Waals surface area contributed by atoms with Crippen molar-refractivity contribution in [3.63, 3.8) is 0 Å². The fourth-order valence-corrected chi connectivity index (χ4v) is 0.115. The maximum Gasteiger partial charge on any atom is 0.503 e. The van der Waals surface area contributed by atoms with Gasteiger partial charge in [-0.2, -0.15) is 0 Å². The van der Waals surface area contributed by atoms with Gasteiger partial charge in [0.2, 0.25) is 0 Å². The van der Waals surface area contributed by atoms with Crippen molar-refractivity contribution >= 4 is 12.3 Å². The van der Waals surface area contributed by atoms with Crippen molar-refractivity contribution in [2.45, 2.75) is 12.2 Å². The highest BCUT2D eigenvalue weighted by Crippen LogP contribution is 1.72. The number of hydrogen-bond donors (Lipinski definition) is 10. The van der Waals surface area contributed by atoms with E-state index >= 15 is 0 Å². The number of aliphatic hydroxyl groups excluding tert-OH is 6. The van der Waals surface area contributed by atoms with Gasteiger partial charge in [0.1, 0.15) is 12.2 Å². The highest BCUT2D eigenvalue weighted by Gasteiger charge is 1.94. The first kappa shape index (κ1) is 26.8. The molecule has 0 spiro atoms. The maximum absolute atomic E-state index is 8.56. The molecule has 0 bridgehead atoms. The Balaban J connectivity index is -0.0000000871. The van der Waals surface area contributed by atoms with E-state index < -0.39 is 24.5 Å². The summed E-state index contributed by atoms with van der Waals surface area (Å²) in [5, 5.41) is 75.9. The Bertz CT molecular complexity index is 170. The molecule has 0 fully saturated rings. The lowest BCUT2D eigenvalue weighted by atomic mass is 10.4. The lowest BCUT2D eigenvalue weighted by Crippen LogP contribution is -2.15. The molecular formula is C8H20O12. The van der Waals surface area contributed by atoms with Crippen LogP contribution in [0.15, 0.2) is 0 Å². The molecule has 0 aromatic rings. The lowest BCUT2D eigenvalue weighted by Gasteiger charge is -1.96. The number of aliphatic hydroxyl groups is 6. The Morgan fingerprint density at radius 3 is 0.700 bits per heavy atom. The van der Waals surface area contributed by atoms with Crippen LogP contribution in [0.1, 0.15) is 0 Å². The third-order valence-corrected chi connectivity index (χ3v) is 0.843. The largest absolute Gasteiger partial charge is 0.503 e.